The first kappa shape index (κ1) is 16.6. The van der Waals surface area contributed by atoms with Crippen molar-refractivity contribution in [2.75, 3.05) is 20.2 Å². The van der Waals surface area contributed by atoms with Crippen molar-refractivity contribution >= 4 is 5.78 Å². The lowest BCUT2D eigenvalue weighted by Crippen LogP contribution is -2.34. The van der Waals surface area contributed by atoms with Gasteiger partial charge in [-0.25, -0.2) is 4.39 Å². The van der Waals surface area contributed by atoms with Crippen LogP contribution in [0, 0.1) is 5.82 Å². The highest BCUT2D eigenvalue weighted by molar-refractivity contribution is 5.99. The van der Waals surface area contributed by atoms with Crippen LogP contribution in [-0.2, 0) is 0 Å². The van der Waals surface area contributed by atoms with E-state index in [0.717, 1.165) is 13.0 Å². The Hall–Kier alpha value is -1.42. The van der Waals surface area contributed by atoms with Crippen LogP contribution in [0.15, 0.2) is 18.2 Å². The van der Waals surface area contributed by atoms with E-state index >= 15 is 0 Å². The van der Waals surface area contributed by atoms with Gasteiger partial charge in [-0.05, 0) is 32.0 Å². The molecule has 0 aliphatic heterocycles. The van der Waals surface area contributed by atoms with Crippen LogP contribution in [0.3, 0.4) is 0 Å². The highest BCUT2D eigenvalue weighted by Gasteiger charge is 2.19. The van der Waals surface area contributed by atoms with Gasteiger partial charge in [0.15, 0.2) is 5.78 Å². The minimum atomic E-state index is -0.513. The van der Waals surface area contributed by atoms with Crippen LogP contribution in [0.5, 0.6) is 5.75 Å². The molecule has 0 saturated carbocycles. The molecule has 3 nitrogen and oxygen atoms in total. The number of Topliss-reactive ketones (excluding diaryl/α,β-unsaturated/α-hetero) is 1. The second kappa shape index (κ2) is 8.00. The molecule has 0 amide bonds. The van der Waals surface area contributed by atoms with Gasteiger partial charge in [-0.1, -0.05) is 19.9 Å². The number of methoxy groups -OCH3 is 1. The molecule has 0 aromatic heterocycles. The van der Waals surface area contributed by atoms with Crippen molar-refractivity contribution in [1.29, 1.82) is 0 Å². The summed E-state index contributed by atoms with van der Waals surface area (Å²) in [6, 6.07) is 4.88. The Morgan fingerprint density at radius 2 is 2.10 bits per heavy atom. The number of ketones is 1. The maximum atomic E-state index is 13.8. The number of halogens is 1. The Morgan fingerprint density at radius 3 is 2.65 bits per heavy atom. The van der Waals surface area contributed by atoms with Crippen LogP contribution >= 0.6 is 0 Å². The molecule has 0 spiro atoms. The normalized spacial score (nSPS) is 12.5. The number of nitrogens with zero attached hydrogens (tertiary/aromatic N) is 1. The smallest absolute Gasteiger partial charge is 0.170 e. The number of carbonyl (C=O) groups is 1. The van der Waals surface area contributed by atoms with E-state index < -0.39 is 5.82 Å². The molecule has 0 aliphatic rings. The van der Waals surface area contributed by atoms with Gasteiger partial charge in [0.05, 0.1) is 12.7 Å². The molecule has 0 bridgehead atoms. The zero-order valence-corrected chi connectivity index (χ0v) is 12.8. The fraction of sp³-hybridized carbons (Fsp3) is 0.562. The molecule has 1 rings (SSSR count). The van der Waals surface area contributed by atoms with Crippen LogP contribution in [0.25, 0.3) is 0 Å². The van der Waals surface area contributed by atoms with Crippen LogP contribution in [0.2, 0.25) is 0 Å². The quantitative estimate of drug-likeness (QED) is 0.683. The average molecular weight is 281 g/mol. The van der Waals surface area contributed by atoms with Gasteiger partial charge >= 0.3 is 0 Å². The van der Waals surface area contributed by atoms with E-state index in [4.69, 9.17) is 4.74 Å². The largest absolute Gasteiger partial charge is 0.496 e. The number of carbonyl (C=O) groups excluding carboxylic acids is 1. The molecule has 0 aliphatic carbocycles. The zero-order chi connectivity index (χ0) is 15.1. The summed E-state index contributed by atoms with van der Waals surface area (Å²) in [5.74, 6) is -0.413. The van der Waals surface area contributed by atoms with Gasteiger partial charge in [-0.15, -0.1) is 0 Å². The Morgan fingerprint density at radius 1 is 1.40 bits per heavy atom. The lowest BCUT2D eigenvalue weighted by Gasteiger charge is -2.26. The third kappa shape index (κ3) is 4.04. The third-order valence-electron chi connectivity index (χ3n) is 3.72. The molecule has 0 radical (unpaired) electrons. The first-order valence-corrected chi connectivity index (χ1v) is 7.14. The summed E-state index contributed by atoms with van der Waals surface area (Å²) in [5.41, 5.74) is 0.0650. The fourth-order valence-electron chi connectivity index (χ4n) is 2.26. The monoisotopic (exact) mass is 281 g/mol. The number of rotatable bonds is 8. The standard InChI is InChI=1S/C16H24FNO2/c1-5-12(3)18(6-2)11-10-14(19)16-13(17)8-7-9-15(16)20-4/h7-9,12H,5-6,10-11H2,1-4H3. The number of benzene rings is 1. The van der Waals surface area contributed by atoms with Crippen molar-refractivity contribution < 1.29 is 13.9 Å². The summed E-state index contributed by atoms with van der Waals surface area (Å²) < 4.78 is 18.9. The predicted octanol–water partition coefficient (Wildman–Crippen LogP) is 3.53. The summed E-state index contributed by atoms with van der Waals surface area (Å²) in [6.45, 7) is 7.85. The molecular formula is C16H24FNO2. The maximum absolute atomic E-state index is 13.8. The Bertz CT molecular complexity index is 448. The van der Waals surface area contributed by atoms with Gasteiger partial charge in [0.25, 0.3) is 0 Å². The first-order valence-electron chi connectivity index (χ1n) is 7.14. The molecule has 112 valence electrons. The van der Waals surface area contributed by atoms with Gasteiger partial charge in [0.1, 0.15) is 11.6 Å². The molecule has 1 aromatic carbocycles. The summed E-state index contributed by atoms with van der Waals surface area (Å²) in [7, 11) is 1.45. The molecule has 1 unspecified atom stereocenters. The molecular weight excluding hydrogens is 257 g/mol. The predicted molar refractivity (Wildman–Crippen MR) is 78.9 cm³/mol. The summed E-state index contributed by atoms with van der Waals surface area (Å²) in [5, 5.41) is 0. The van der Waals surface area contributed by atoms with E-state index in [1.807, 2.05) is 0 Å². The van der Waals surface area contributed by atoms with Crippen LogP contribution in [0.1, 0.15) is 44.0 Å². The van der Waals surface area contributed by atoms with Crippen molar-refractivity contribution in [3.63, 3.8) is 0 Å². The molecule has 0 heterocycles. The molecule has 4 heteroatoms. The Balaban J connectivity index is 2.77. The van der Waals surface area contributed by atoms with Crippen LogP contribution in [0.4, 0.5) is 4.39 Å². The van der Waals surface area contributed by atoms with Crippen molar-refractivity contribution in [3.05, 3.63) is 29.6 Å². The van der Waals surface area contributed by atoms with Gasteiger partial charge < -0.3 is 9.64 Å². The zero-order valence-electron chi connectivity index (χ0n) is 12.8. The van der Waals surface area contributed by atoms with Gasteiger partial charge in [0.2, 0.25) is 0 Å². The van der Waals surface area contributed by atoms with E-state index in [2.05, 4.69) is 25.7 Å². The van der Waals surface area contributed by atoms with Crippen molar-refractivity contribution in [3.8, 4) is 5.75 Å². The number of ether oxygens (including phenoxy) is 1. The van der Waals surface area contributed by atoms with E-state index in [-0.39, 0.29) is 11.3 Å². The molecule has 0 fully saturated rings. The second-order valence-corrected chi connectivity index (χ2v) is 4.88. The third-order valence-corrected chi connectivity index (χ3v) is 3.72. The minimum Gasteiger partial charge on any atom is -0.496 e. The lowest BCUT2D eigenvalue weighted by molar-refractivity contribution is 0.0947. The Kier molecular flexibility index (Phi) is 6.65. The van der Waals surface area contributed by atoms with Crippen LogP contribution in [-0.4, -0.2) is 36.9 Å². The van der Waals surface area contributed by atoms with Crippen molar-refractivity contribution in [2.45, 2.75) is 39.7 Å². The minimum absolute atomic E-state index is 0.0650. The number of hydrogen-bond acceptors (Lipinski definition) is 3. The average Bonchev–Trinajstić information content (AvgIpc) is 2.46. The van der Waals surface area contributed by atoms with Gasteiger partial charge in [-0.3, -0.25) is 4.79 Å². The van der Waals surface area contributed by atoms with E-state index in [0.29, 0.717) is 24.8 Å². The van der Waals surface area contributed by atoms with Crippen molar-refractivity contribution in [1.82, 2.24) is 4.90 Å². The topological polar surface area (TPSA) is 29.5 Å². The summed E-state index contributed by atoms with van der Waals surface area (Å²) in [6.07, 6.45) is 1.33. The van der Waals surface area contributed by atoms with Crippen LogP contribution < -0.4 is 4.74 Å². The summed E-state index contributed by atoms with van der Waals surface area (Å²) >= 11 is 0. The highest BCUT2D eigenvalue weighted by Crippen LogP contribution is 2.23. The molecule has 1 aromatic rings. The SMILES string of the molecule is CCC(C)N(CC)CCC(=O)c1c(F)cccc1OC. The lowest BCUT2D eigenvalue weighted by atomic mass is 10.1. The highest BCUT2D eigenvalue weighted by atomic mass is 19.1. The van der Waals surface area contributed by atoms with E-state index in [1.54, 1.807) is 12.1 Å². The second-order valence-electron chi connectivity index (χ2n) is 4.88. The number of hydrogen-bond donors (Lipinski definition) is 0. The maximum Gasteiger partial charge on any atom is 0.170 e. The Labute approximate surface area is 120 Å². The van der Waals surface area contributed by atoms with Crippen molar-refractivity contribution in [2.24, 2.45) is 0 Å². The van der Waals surface area contributed by atoms with E-state index in [9.17, 15) is 9.18 Å². The molecule has 0 saturated heterocycles. The summed E-state index contributed by atoms with van der Waals surface area (Å²) in [4.78, 5) is 14.5. The van der Waals surface area contributed by atoms with Gasteiger partial charge in [0, 0.05) is 19.0 Å². The molecule has 0 N–H and O–H groups in total. The fourth-order valence-corrected chi connectivity index (χ4v) is 2.26. The molecule has 20 heavy (non-hydrogen) atoms. The molecule has 1 atom stereocenters. The van der Waals surface area contributed by atoms with Gasteiger partial charge in [-0.2, -0.15) is 0 Å². The first-order chi connectivity index (χ1) is 9.54. The van der Waals surface area contributed by atoms with E-state index in [1.165, 1.54) is 13.2 Å².